The van der Waals surface area contributed by atoms with Crippen LogP contribution in [0.15, 0.2) is 35.2 Å². The average molecular weight is 499 g/mol. The molecular formula is C25H30N4O3S2. The van der Waals surface area contributed by atoms with Crippen LogP contribution in [0.1, 0.15) is 52.3 Å². The molecule has 0 bridgehead atoms. The van der Waals surface area contributed by atoms with E-state index in [1.807, 2.05) is 54.6 Å². The third-order valence-corrected chi connectivity index (χ3v) is 10.1. The summed E-state index contributed by atoms with van der Waals surface area (Å²) in [5.74, 6) is 0.0376. The van der Waals surface area contributed by atoms with Gasteiger partial charge in [-0.2, -0.15) is 0 Å². The van der Waals surface area contributed by atoms with E-state index in [4.69, 9.17) is 4.98 Å². The maximum atomic E-state index is 13.7. The molecule has 34 heavy (non-hydrogen) atoms. The minimum absolute atomic E-state index is 0.0376. The average Bonchev–Trinajstić information content (AvgIpc) is 3.43. The maximum Gasteiger partial charge on any atom is 0.266 e. The highest BCUT2D eigenvalue weighted by Crippen LogP contribution is 2.37. The topological polar surface area (TPSA) is 75.5 Å². The largest absolute Gasteiger partial charge is 0.345 e. The Bertz CT molecular complexity index is 1350. The number of carbonyl (C=O) groups is 1. The summed E-state index contributed by atoms with van der Waals surface area (Å²) in [6.45, 7) is 5.70. The van der Waals surface area contributed by atoms with Gasteiger partial charge in [-0.15, -0.1) is 11.3 Å². The van der Waals surface area contributed by atoms with Crippen LogP contribution in [0.5, 0.6) is 0 Å². The predicted molar refractivity (Wildman–Crippen MR) is 135 cm³/mol. The Morgan fingerprint density at radius 1 is 1.03 bits per heavy atom. The fourth-order valence-electron chi connectivity index (χ4n) is 4.94. The zero-order chi connectivity index (χ0) is 24.0. The molecule has 180 valence electrons. The molecule has 0 saturated carbocycles. The second-order valence-corrected chi connectivity index (χ2v) is 12.0. The first-order chi connectivity index (χ1) is 16.3. The fourth-order valence-corrected chi connectivity index (χ4v) is 7.80. The molecule has 4 heterocycles. The third kappa shape index (κ3) is 3.84. The van der Waals surface area contributed by atoms with Crippen LogP contribution < -0.4 is 4.31 Å². The Labute approximate surface area is 205 Å². The summed E-state index contributed by atoms with van der Waals surface area (Å²) in [7, 11) is -1.86. The number of thiazole rings is 1. The number of aryl methyl sites for hydroxylation is 1. The summed E-state index contributed by atoms with van der Waals surface area (Å²) in [6.07, 6.45) is 5.11. The fraction of sp³-hybridized carbons (Fsp3) is 0.440. The van der Waals surface area contributed by atoms with E-state index >= 15 is 0 Å². The lowest BCUT2D eigenvalue weighted by atomic mass is 10.2. The van der Waals surface area contributed by atoms with Gasteiger partial charge in [0.25, 0.3) is 15.9 Å². The first-order valence-electron chi connectivity index (χ1n) is 11.8. The van der Waals surface area contributed by atoms with Crippen LogP contribution in [0, 0.1) is 13.8 Å². The molecule has 0 aliphatic carbocycles. The Kier molecular flexibility index (Phi) is 6.02. The molecular weight excluding hydrogens is 468 g/mol. The molecule has 0 radical (unpaired) electrons. The number of anilines is 1. The van der Waals surface area contributed by atoms with Gasteiger partial charge in [0.15, 0.2) is 0 Å². The molecule has 9 heteroatoms. The first kappa shape index (κ1) is 23.1. The lowest BCUT2D eigenvalue weighted by Gasteiger charge is -2.19. The molecule has 5 rings (SSSR count). The van der Waals surface area contributed by atoms with Crippen molar-refractivity contribution in [3.8, 4) is 10.7 Å². The van der Waals surface area contributed by atoms with Crippen LogP contribution in [0.4, 0.5) is 5.69 Å². The van der Waals surface area contributed by atoms with Gasteiger partial charge in [-0.3, -0.25) is 9.10 Å². The zero-order valence-corrected chi connectivity index (χ0v) is 21.5. The second kappa shape index (κ2) is 8.85. The molecule has 0 atom stereocenters. The van der Waals surface area contributed by atoms with Crippen LogP contribution in [0.2, 0.25) is 0 Å². The normalized spacial score (nSPS) is 16.6. The smallest absolute Gasteiger partial charge is 0.266 e. The van der Waals surface area contributed by atoms with Gasteiger partial charge in [0, 0.05) is 32.4 Å². The van der Waals surface area contributed by atoms with Crippen molar-refractivity contribution in [3.63, 3.8) is 0 Å². The molecule has 0 spiro atoms. The van der Waals surface area contributed by atoms with E-state index in [2.05, 4.69) is 0 Å². The van der Waals surface area contributed by atoms with E-state index in [-0.39, 0.29) is 10.8 Å². The number of amides is 1. The predicted octanol–water partition coefficient (Wildman–Crippen LogP) is 4.53. The van der Waals surface area contributed by atoms with E-state index in [1.165, 1.54) is 15.6 Å². The zero-order valence-electron chi connectivity index (χ0n) is 19.9. The summed E-state index contributed by atoms with van der Waals surface area (Å²) in [5, 5.41) is 0.671. The SMILES string of the molecule is Cc1nc(-c2cc(S(=O)(=O)N3CCc4ccccc43)c(C)n2C)sc1C(=O)N1CCCCCC1. The van der Waals surface area contributed by atoms with Crippen LogP contribution in [0.25, 0.3) is 10.7 Å². The highest BCUT2D eigenvalue weighted by Gasteiger charge is 2.34. The Morgan fingerprint density at radius 3 is 2.47 bits per heavy atom. The number of aromatic nitrogens is 2. The van der Waals surface area contributed by atoms with Crippen LogP contribution in [0.3, 0.4) is 0 Å². The highest BCUT2D eigenvalue weighted by atomic mass is 32.2. The van der Waals surface area contributed by atoms with Crippen LogP contribution in [-0.2, 0) is 23.5 Å². The number of benzene rings is 1. The number of carbonyl (C=O) groups excluding carboxylic acids is 1. The summed E-state index contributed by atoms with van der Waals surface area (Å²) < 4.78 is 30.7. The number of likely N-dealkylation sites (tertiary alicyclic amines) is 1. The molecule has 1 fully saturated rings. The number of hydrogen-bond acceptors (Lipinski definition) is 5. The van der Waals surface area contributed by atoms with E-state index in [9.17, 15) is 13.2 Å². The number of nitrogens with zero attached hydrogens (tertiary/aromatic N) is 4. The van der Waals surface area contributed by atoms with Crippen LogP contribution >= 0.6 is 11.3 Å². The van der Waals surface area contributed by atoms with Gasteiger partial charge in [-0.1, -0.05) is 31.0 Å². The number of fused-ring (bicyclic) bond motifs is 1. The van der Waals surface area contributed by atoms with E-state index in [0.29, 0.717) is 39.9 Å². The van der Waals surface area contributed by atoms with Gasteiger partial charge in [-0.05, 0) is 50.8 Å². The quantitative estimate of drug-likeness (QED) is 0.530. The minimum atomic E-state index is -3.72. The highest BCUT2D eigenvalue weighted by molar-refractivity contribution is 7.93. The van der Waals surface area contributed by atoms with E-state index in [1.54, 1.807) is 6.07 Å². The first-order valence-corrected chi connectivity index (χ1v) is 14.1. The van der Waals surface area contributed by atoms with Crippen molar-refractivity contribution in [2.24, 2.45) is 7.05 Å². The summed E-state index contributed by atoms with van der Waals surface area (Å²) in [6, 6.07) is 9.37. The third-order valence-electron chi connectivity index (χ3n) is 7.00. The molecule has 2 aliphatic heterocycles. The molecule has 3 aromatic rings. The van der Waals surface area contributed by atoms with Gasteiger partial charge in [-0.25, -0.2) is 13.4 Å². The standard InChI is InChI=1S/C25H30N4O3S2/c1-17-23(25(30)28-13-8-4-5-9-14-28)33-24(26-17)21-16-22(18(2)27(21)3)34(31,32)29-15-12-19-10-6-7-11-20(19)29/h6-7,10-11,16H,4-5,8-9,12-15H2,1-3H3. The lowest BCUT2D eigenvalue weighted by Crippen LogP contribution is -2.31. The van der Waals surface area contributed by atoms with E-state index < -0.39 is 10.0 Å². The van der Waals surface area contributed by atoms with Crippen LogP contribution in [-0.4, -0.2) is 48.4 Å². The summed E-state index contributed by atoms with van der Waals surface area (Å²) in [5.41, 5.74) is 3.88. The van der Waals surface area contributed by atoms with Crippen molar-refractivity contribution >= 4 is 33.0 Å². The van der Waals surface area contributed by atoms with Gasteiger partial charge < -0.3 is 9.47 Å². The maximum absolute atomic E-state index is 13.7. The van der Waals surface area contributed by atoms with Crippen molar-refractivity contribution in [2.75, 3.05) is 23.9 Å². The molecule has 1 saturated heterocycles. The monoisotopic (exact) mass is 498 g/mol. The van der Waals surface area contributed by atoms with Gasteiger partial charge in [0.2, 0.25) is 0 Å². The van der Waals surface area contributed by atoms with Crippen molar-refractivity contribution in [2.45, 2.75) is 50.8 Å². The molecule has 2 aliphatic rings. The van der Waals surface area contributed by atoms with Crippen molar-refractivity contribution in [1.82, 2.24) is 14.5 Å². The molecule has 0 unspecified atom stereocenters. The molecule has 1 amide bonds. The van der Waals surface area contributed by atoms with Gasteiger partial charge >= 0.3 is 0 Å². The molecule has 7 nitrogen and oxygen atoms in total. The van der Waals surface area contributed by atoms with Gasteiger partial charge in [0.1, 0.15) is 14.8 Å². The van der Waals surface area contributed by atoms with Gasteiger partial charge in [0.05, 0.1) is 17.1 Å². The molecule has 1 aromatic carbocycles. The Balaban J connectivity index is 1.49. The van der Waals surface area contributed by atoms with E-state index in [0.717, 1.165) is 50.0 Å². The summed E-state index contributed by atoms with van der Waals surface area (Å²) >= 11 is 1.36. The molecule has 2 aromatic heterocycles. The number of sulfonamides is 1. The summed E-state index contributed by atoms with van der Waals surface area (Å²) in [4.78, 5) is 20.8. The Hall–Kier alpha value is -2.65. The minimum Gasteiger partial charge on any atom is -0.345 e. The number of hydrogen-bond donors (Lipinski definition) is 0. The number of para-hydroxylation sites is 1. The van der Waals surface area contributed by atoms with Crippen molar-refractivity contribution < 1.29 is 13.2 Å². The number of rotatable bonds is 4. The Morgan fingerprint density at radius 2 is 1.74 bits per heavy atom. The van der Waals surface area contributed by atoms with Crippen molar-refractivity contribution in [1.29, 1.82) is 0 Å². The second-order valence-electron chi connectivity index (χ2n) is 9.13. The molecule has 0 N–H and O–H groups in total. The lowest BCUT2D eigenvalue weighted by molar-refractivity contribution is 0.0765. The van der Waals surface area contributed by atoms with Crippen molar-refractivity contribution in [3.05, 3.63) is 52.2 Å².